The Morgan fingerprint density at radius 1 is 1.22 bits per heavy atom. The maximum atomic E-state index is 12.5. The molecular formula is C20H22BrN3O3. The largest absolute Gasteiger partial charge is 0.486 e. The van der Waals surface area contributed by atoms with Gasteiger partial charge in [0.1, 0.15) is 23.9 Å². The predicted octanol–water partition coefficient (Wildman–Crippen LogP) is 5.13. The maximum Gasteiger partial charge on any atom is 0.292 e. The summed E-state index contributed by atoms with van der Waals surface area (Å²) in [6, 6.07) is 12.7. The van der Waals surface area contributed by atoms with Crippen LogP contribution in [0.15, 0.2) is 51.4 Å². The van der Waals surface area contributed by atoms with Gasteiger partial charge in [0.15, 0.2) is 5.76 Å². The molecule has 142 valence electrons. The van der Waals surface area contributed by atoms with Crippen LogP contribution in [0.1, 0.15) is 42.8 Å². The van der Waals surface area contributed by atoms with Gasteiger partial charge in [0.2, 0.25) is 0 Å². The number of aryl methyl sites for hydroxylation is 1. The molecule has 0 radical (unpaired) electrons. The smallest absolute Gasteiger partial charge is 0.292 e. The molecule has 3 aromatic rings. The first-order valence-electron chi connectivity index (χ1n) is 8.58. The Kier molecular flexibility index (Phi) is 5.41. The quantitative estimate of drug-likeness (QED) is 0.607. The summed E-state index contributed by atoms with van der Waals surface area (Å²) in [5.74, 6) is 1.84. The number of amides is 1. The number of nitrogens with zero attached hydrogens (tertiary/aromatic N) is 2. The van der Waals surface area contributed by atoms with E-state index in [4.69, 9.17) is 9.15 Å². The van der Waals surface area contributed by atoms with E-state index in [2.05, 4.69) is 26.3 Å². The number of halogens is 1. The molecule has 0 saturated carbocycles. The lowest BCUT2D eigenvalue weighted by Crippen LogP contribution is -2.26. The molecule has 0 bridgehead atoms. The Hall–Kier alpha value is -2.54. The normalized spacial score (nSPS) is 11.4. The van der Waals surface area contributed by atoms with Gasteiger partial charge in [0.25, 0.3) is 5.91 Å². The van der Waals surface area contributed by atoms with Crippen molar-refractivity contribution >= 4 is 27.7 Å². The Balaban J connectivity index is 1.66. The summed E-state index contributed by atoms with van der Waals surface area (Å²) in [4.78, 5) is 12.5. The zero-order valence-electron chi connectivity index (χ0n) is 15.7. The zero-order chi connectivity index (χ0) is 19.6. The van der Waals surface area contributed by atoms with Gasteiger partial charge in [-0.1, -0.05) is 15.9 Å². The van der Waals surface area contributed by atoms with E-state index in [0.717, 1.165) is 15.9 Å². The summed E-state index contributed by atoms with van der Waals surface area (Å²) < 4.78 is 14.1. The molecule has 2 heterocycles. The summed E-state index contributed by atoms with van der Waals surface area (Å²) in [6.45, 7) is 8.22. The highest BCUT2D eigenvalue weighted by Crippen LogP contribution is 2.22. The summed E-state index contributed by atoms with van der Waals surface area (Å²) in [6.07, 6.45) is 0. The Bertz CT molecular complexity index is 936. The number of nitrogens with one attached hydrogen (secondary N) is 1. The lowest BCUT2D eigenvalue weighted by molar-refractivity contribution is 0.0991. The topological polar surface area (TPSA) is 69.3 Å². The first kappa shape index (κ1) is 19.2. The van der Waals surface area contributed by atoms with Gasteiger partial charge in [-0.3, -0.25) is 4.79 Å². The van der Waals surface area contributed by atoms with Crippen molar-refractivity contribution in [1.29, 1.82) is 0 Å². The molecular weight excluding hydrogens is 410 g/mol. The Morgan fingerprint density at radius 3 is 2.59 bits per heavy atom. The van der Waals surface area contributed by atoms with Gasteiger partial charge in [0, 0.05) is 10.5 Å². The molecule has 1 amide bonds. The molecule has 0 aliphatic rings. The standard InChI is InChI=1S/C20H22BrN3O3/c1-13-11-18(24(23-13)20(2,3)4)22-19(25)17-10-9-16(27-17)12-26-15-7-5-14(21)6-8-15/h5-11H,12H2,1-4H3,(H,22,25). The third-order valence-corrected chi connectivity index (χ3v) is 4.32. The second kappa shape index (κ2) is 7.60. The highest BCUT2D eigenvalue weighted by molar-refractivity contribution is 9.10. The number of carbonyl (C=O) groups is 1. The summed E-state index contributed by atoms with van der Waals surface area (Å²) in [5, 5.41) is 7.32. The van der Waals surface area contributed by atoms with Crippen LogP contribution in [0.3, 0.4) is 0 Å². The average Bonchev–Trinajstić information content (AvgIpc) is 3.21. The minimum atomic E-state index is -0.324. The minimum absolute atomic E-state index is 0.226. The molecule has 0 fully saturated rings. The number of hydrogen-bond donors (Lipinski definition) is 1. The minimum Gasteiger partial charge on any atom is -0.486 e. The van der Waals surface area contributed by atoms with Gasteiger partial charge >= 0.3 is 0 Å². The van der Waals surface area contributed by atoms with Crippen molar-refractivity contribution in [1.82, 2.24) is 9.78 Å². The zero-order valence-corrected chi connectivity index (χ0v) is 17.3. The van der Waals surface area contributed by atoms with Crippen LogP contribution in [0.4, 0.5) is 5.82 Å². The van der Waals surface area contributed by atoms with Crippen molar-refractivity contribution in [2.75, 3.05) is 5.32 Å². The van der Waals surface area contributed by atoms with E-state index >= 15 is 0 Å². The molecule has 0 unspecified atom stereocenters. The van der Waals surface area contributed by atoms with E-state index < -0.39 is 0 Å². The fourth-order valence-corrected chi connectivity index (χ4v) is 2.80. The van der Waals surface area contributed by atoms with E-state index in [1.54, 1.807) is 16.8 Å². The van der Waals surface area contributed by atoms with Crippen LogP contribution in [0.2, 0.25) is 0 Å². The number of benzene rings is 1. The van der Waals surface area contributed by atoms with Gasteiger partial charge in [-0.2, -0.15) is 5.10 Å². The molecule has 27 heavy (non-hydrogen) atoms. The van der Waals surface area contributed by atoms with Crippen LogP contribution in [-0.2, 0) is 12.1 Å². The Morgan fingerprint density at radius 2 is 1.93 bits per heavy atom. The lowest BCUT2D eigenvalue weighted by Gasteiger charge is -2.22. The van der Waals surface area contributed by atoms with Crippen LogP contribution in [-0.4, -0.2) is 15.7 Å². The fourth-order valence-electron chi connectivity index (χ4n) is 2.54. The van der Waals surface area contributed by atoms with Crippen molar-refractivity contribution in [3.8, 4) is 5.75 Å². The van der Waals surface area contributed by atoms with E-state index in [9.17, 15) is 4.79 Å². The molecule has 0 atom stereocenters. The van der Waals surface area contributed by atoms with E-state index in [0.29, 0.717) is 11.6 Å². The van der Waals surface area contributed by atoms with Gasteiger partial charge in [-0.25, -0.2) is 4.68 Å². The molecule has 1 aromatic carbocycles. The number of anilines is 1. The summed E-state index contributed by atoms with van der Waals surface area (Å²) in [7, 11) is 0. The number of aromatic nitrogens is 2. The van der Waals surface area contributed by atoms with Crippen molar-refractivity contribution < 1.29 is 13.9 Å². The lowest BCUT2D eigenvalue weighted by atomic mass is 10.1. The molecule has 3 rings (SSSR count). The molecule has 2 aromatic heterocycles. The molecule has 0 saturated heterocycles. The second-order valence-corrected chi connectivity index (χ2v) is 8.13. The first-order chi connectivity index (χ1) is 12.7. The molecule has 7 heteroatoms. The maximum absolute atomic E-state index is 12.5. The van der Waals surface area contributed by atoms with E-state index in [1.165, 1.54) is 0 Å². The monoisotopic (exact) mass is 431 g/mol. The third kappa shape index (κ3) is 4.80. The number of furan rings is 1. The highest BCUT2D eigenvalue weighted by atomic mass is 79.9. The number of ether oxygens (including phenoxy) is 1. The van der Waals surface area contributed by atoms with Gasteiger partial charge in [-0.05, 0) is 64.1 Å². The van der Waals surface area contributed by atoms with Crippen LogP contribution in [0.5, 0.6) is 5.75 Å². The summed E-state index contributed by atoms with van der Waals surface area (Å²) >= 11 is 3.38. The molecule has 0 spiro atoms. The number of carbonyl (C=O) groups excluding carboxylic acids is 1. The van der Waals surface area contributed by atoms with E-state index in [1.807, 2.05) is 58.0 Å². The number of hydrogen-bond acceptors (Lipinski definition) is 4. The predicted molar refractivity (Wildman–Crippen MR) is 107 cm³/mol. The molecule has 0 aliphatic carbocycles. The number of rotatable bonds is 5. The van der Waals surface area contributed by atoms with Crippen LogP contribution in [0, 0.1) is 6.92 Å². The van der Waals surface area contributed by atoms with Crippen molar-refractivity contribution in [2.45, 2.75) is 39.8 Å². The van der Waals surface area contributed by atoms with Crippen LogP contribution < -0.4 is 10.1 Å². The van der Waals surface area contributed by atoms with Crippen LogP contribution >= 0.6 is 15.9 Å². The second-order valence-electron chi connectivity index (χ2n) is 7.22. The Labute approximate surface area is 166 Å². The molecule has 6 nitrogen and oxygen atoms in total. The first-order valence-corrected chi connectivity index (χ1v) is 9.37. The highest BCUT2D eigenvalue weighted by Gasteiger charge is 2.21. The SMILES string of the molecule is Cc1cc(NC(=O)c2ccc(COc3ccc(Br)cc3)o2)n(C(C)(C)C)n1. The molecule has 0 aliphatic heterocycles. The van der Waals surface area contributed by atoms with Gasteiger partial charge in [0.05, 0.1) is 11.2 Å². The molecule has 1 N–H and O–H groups in total. The van der Waals surface area contributed by atoms with Crippen molar-refractivity contribution in [3.05, 3.63) is 64.2 Å². The van der Waals surface area contributed by atoms with Crippen LogP contribution in [0.25, 0.3) is 0 Å². The third-order valence-electron chi connectivity index (χ3n) is 3.79. The van der Waals surface area contributed by atoms with Crippen molar-refractivity contribution in [3.63, 3.8) is 0 Å². The van der Waals surface area contributed by atoms with E-state index in [-0.39, 0.29) is 23.8 Å². The fraction of sp³-hybridized carbons (Fsp3) is 0.300. The summed E-state index contributed by atoms with van der Waals surface area (Å²) in [5.41, 5.74) is 0.590. The average molecular weight is 432 g/mol. The van der Waals surface area contributed by atoms with Gasteiger partial charge in [-0.15, -0.1) is 0 Å². The van der Waals surface area contributed by atoms with Crippen molar-refractivity contribution in [2.24, 2.45) is 0 Å². The van der Waals surface area contributed by atoms with Gasteiger partial charge < -0.3 is 14.5 Å².